The Morgan fingerprint density at radius 3 is 2.90 bits per heavy atom. The molecule has 0 amide bonds. The maximum Gasteiger partial charge on any atom is 0.341 e. The van der Waals surface area contributed by atoms with Crippen LogP contribution in [-0.2, 0) is 19.5 Å². The van der Waals surface area contributed by atoms with Crippen molar-refractivity contribution in [3.8, 4) is 0 Å². The van der Waals surface area contributed by atoms with Gasteiger partial charge in [-0.15, -0.1) is 0 Å². The molecule has 0 aromatic heterocycles. The molecule has 1 aromatic rings. The highest BCUT2D eigenvalue weighted by Crippen LogP contribution is 2.17. The average Bonchev–Trinajstić information content (AvgIpc) is 2.98. The van der Waals surface area contributed by atoms with E-state index < -0.39 is 27.4 Å². The number of ether oxygens (including phenoxy) is 2. The summed E-state index contributed by atoms with van der Waals surface area (Å²) in [6, 6.07) is 2.96. The van der Waals surface area contributed by atoms with Gasteiger partial charge in [-0.25, -0.2) is 22.3 Å². The van der Waals surface area contributed by atoms with Crippen LogP contribution in [0.1, 0.15) is 23.2 Å². The number of nitrogens with one attached hydrogen (secondary N) is 1. The third-order valence-electron chi connectivity index (χ3n) is 3.16. The molecule has 0 spiro atoms. The van der Waals surface area contributed by atoms with Crippen molar-refractivity contribution in [3.63, 3.8) is 0 Å². The first kappa shape index (κ1) is 15.9. The SMILES string of the molecule is CNS(=O)(=O)c1ccc(F)c(C(=O)OC[C@@H]2CCCO2)c1. The van der Waals surface area contributed by atoms with Crippen LogP contribution in [0.3, 0.4) is 0 Å². The van der Waals surface area contributed by atoms with Gasteiger partial charge in [-0.2, -0.15) is 0 Å². The topological polar surface area (TPSA) is 81.7 Å². The first-order chi connectivity index (χ1) is 9.94. The zero-order valence-electron chi connectivity index (χ0n) is 11.5. The largest absolute Gasteiger partial charge is 0.459 e. The fourth-order valence-electron chi connectivity index (χ4n) is 1.97. The predicted octanol–water partition coefficient (Wildman–Crippen LogP) is 1.07. The highest BCUT2D eigenvalue weighted by Gasteiger charge is 2.22. The summed E-state index contributed by atoms with van der Waals surface area (Å²) >= 11 is 0. The van der Waals surface area contributed by atoms with Gasteiger partial charge in [0, 0.05) is 6.61 Å². The minimum absolute atomic E-state index is 0.0290. The van der Waals surface area contributed by atoms with Gasteiger partial charge in [0.25, 0.3) is 0 Å². The number of rotatable bonds is 5. The van der Waals surface area contributed by atoms with E-state index in [-0.39, 0.29) is 17.6 Å². The second kappa shape index (κ2) is 6.50. The molecule has 1 N–H and O–H groups in total. The lowest BCUT2D eigenvalue weighted by Crippen LogP contribution is -2.21. The third-order valence-corrected chi connectivity index (χ3v) is 4.57. The van der Waals surface area contributed by atoms with Crippen LogP contribution >= 0.6 is 0 Å². The lowest BCUT2D eigenvalue weighted by molar-refractivity contribution is 0.0157. The van der Waals surface area contributed by atoms with Crippen LogP contribution < -0.4 is 4.72 Å². The van der Waals surface area contributed by atoms with Gasteiger partial charge < -0.3 is 9.47 Å². The monoisotopic (exact) mass is 317 g/mol. The Labute approximate surface area is 122 Å². The summed E-state index contributed by atoms with van der Waals surface area (Å²) < 4.78 is 49.3. The minimum Gasteiger partial charge on any atom is -0.459 e. The van der Waals surface area contributed by atoms with Crippen LogP contribution in [0.15, 0.2) is 23.1 Å². The van der Waals surface area contributed by atoms with Crippen molar-refractivity contribution in [1.29, 1.82) is 0 Å². The zero-order chi connectivity index (χ0) is 15.5. The molecular weight excluding hydrogens is 301 g/mol. The van der Waals surface area contributed by atoms with E-state index in [0.29, 0.717) is 6.61 Å². The second-order valence-corrected chi connectivity index (χ2v) is 6.47. The van der Waals surface area contributed by atoms with E-state index in [9.17, 15) is 17.6 Å². The van der Waals surface area contributed by atoms with Crippen LogP contribution in [0.25, 0.3) is 0 Å². The van der Waals surface area contributed by atoms with Crippen molar-refractivity contribution < 1.29 is 27.1 Å². The molecule has 0 radical (unpaired) electrons. The second-order valence-electron chi connectivity index (χ2n) is 4.58. The maximum atomic E-state index is 13.7. The van der Waals surface area contributed by atoms with E-state index in [0.717, 1.165) is 31.0 Å². The molecule has 116 valence electrons. The Balaban J connectivity index is 2.14. The van der Waals surface area contributed by atoms with Crippen molar-refractivity contribution >= 4 is 16.0 Å². The Morgan fingerprint density at radius 2 is 2.29 bits per heavy atom. The predicted molar refractivity (Wildman–Crippen MR) is 71.9 cm³/mol. The summed E-state index contributed by atoms with van der Waals surface area (Å²) in [4.78, 5) is 11.7. The molecule has 1 heterocycles. The van der Waals surface area contributed by atoms with E-state index >= 15 is 0 Å². The summed E-state index contributed by atoms with van der Waals surface area (Å²) in [5.41, 5.74) is -0.413. The smallest absolute Gasteiger partial charge is 0.341 e. The van der Waals surface area contributed by atoms with Gasteiger partial charge in [-0.05, 0) is 38.1 Å². The van der Waals surface area contributed by atoms with Crippen molar-refractivity contribution in [2.45, 2.75) is 23.8 Å². The zero-order valence-corrected chi connectivity index (χ0v) is 12.3. The summed E-state index contributed by atoms with van der Waals surface area (Å²) in [5, 5.41) is 0. The molecule has 8 heteroatoms. The normalized spacial score (nSPS) is 18.7. The first-order valence-electron chi connectivity index (χ1n) is 6.46. The molecule has 0 aliphatic carbocycles. The van der Waals surface area contributed by atoms with Gasteiger partial charge in [0.1, 0.15) is 12.4 Å². The molecule has 1 atom stereocenters. The number of hydrogen-bond donors (Lipinski definition) is 1. The molecule has 0 saturated carbocycles. The molecular formula is C13H16FNO5S. The Bertz CT molecular complexity index is 625. The van der Waals surface area contributed by atoms with Gasteiger partial charge in [0.2, 0.25) is 10.0 Å². The van der Waals surface area contributed by atoms with E-state index in [1.165, 1.54) is 7.05 Å². The number of carbonyl (C=O) groups is 1. The van der Waals surface area contributed by atoms with Gasteiger partial charge in [-0.3, -0.25) is 0 Å². The highest BCUT2D eigenvalue weighted by atomic mass is 32.2. The fourth-order valence-corrected chi connectivity index (χ4v) is 2.72. The standard InChI is InChI=1S/C13H16FNO5S/c1-15-21(17,18)10-4-5-12(14)11(7-10)13(16)20-8-9-3-2-6-19-9/h4-5,7,9,15H,2-3,6,8H2,1H3/t9-/m0/s1. The molecule has 1 fully saturated rings. The van der Waals surface area contributed by atoms with Crippen LogP contribution in [0, 0.1) is 5.82 Å². The van der Waals surface area contributed by atoms with E-state index in [4.69, 9.17) is 9.47 Å². The fraction of sp³-hybridized carbons (Fsp3) is 0.462. The van der Waals surface area contributed by atoms with E-state index in [1.807, 2.05) is 0 Å². The van der Waals surface area contributed by atoms with Gasteiger partial charge >= 0.3 is 5.97 Å². The summed E-state index contributed by atoms with van der Waals surface area (Å²) in [6.45, 7) is 0.647. The Morgan fingerprint density at radius 1 is 1.52 bits per heavy atom. The Kier molecular flexibility index (Phi) is 4.92. The van der Waals surface area contributed by atoms with Crippen molar-refractivity contribution in [1.82, 2.24) is 4.72 Å². The summed E-state index contributed by atoms with van der Waals surface area (Å²) in [5.74, 6) is -1.74. The first-order valence-corrected chi connectivity index (χ1v) is 7.94. The third kappa shape index (κ3) is 3.78. The molecule has 1 aliphatic rings. The lowest BCUT2D eigenvalue weighted by atomic mass is 10.2. The van der Waals surface area contributed by atoms with Crippen molar-refractivity contribution in [2.75, 3.05) is 20.3 Å². The molecule has 21 heavy (non-hydrogen) atoms. The quantitative estimate of drug-likeness (QED) is 0.822. The van der Waals surface area contributed by atoms with Crippen LogP contribution in [0.2, 0.25) is 0 Å². The number of sulfonamides is 1. The Hall–Kier alpha value is -1.51. The van der Waals surface area contributed by atoms with Crippen LogP contribution in [-0.4, -0.2) is 40.8 Å². The molecule has 0 unspecified atom stereocenters. The van der Waals surface area contributed by atoms with Crippen molar-refractivity contribution in [2.24, 2.45) is 0 Å². The van der Waals surface area contributed by atoms with Crippen molar-refractivity contribution in [3.05, 3.63) is 29.6 Å². The lowest BCUT2D eigenvalue weighted by Gasteiger charge is -2.11. The molecule has 1 aliphatic heterocycles. The number of halogens is 1. The van der Waals surface area contributed by atoms with Gasteiger partial charge in [0.05, 0.1) is 16.6 Å². The number of esters is 1. The van der Waals surface area contributed by atoms with E-state index in [2.05, 4.69) is 4.72 Å². The molecule has 0 bridgehead atoms. The van der Waals surface area contributed by atoms with E-state index in [1.54, 1.807) is 0 Å². The maximum absolute atomic E-state index is 13.7. The number of hydrogen-bond acceptors (Lipinski definition) is 5. The highest BCUT2D eigenvalue weighted by molar-refractivity contribution is 7.89. The molecule has 1 saturated heterocycles. The van der Waals surface area contributed by atoms with Gasteiger partial charge in [-0.1, -0.05) is 0 Å². The number of carbonyl (C=O) groups excluding carboxylic acids is 1. The van der Waals surface area contributed by atoms with Crippen LogP contribution in [0.4, 0.5) is 4.39 Å². The summed E-state index contributed by atoms with van der Waals surface area (Å²) in [7, 11) is -2.52. The minimum atomic E-state index is -3.75. The number of benzene rings is 1. The molecule has 6 nitrogen and oxygen atoms in total. The average molecular weight is 317 g/mol. The molecule has 1 aromatic carbocycles. The van der Waals surface area contributed by atoms with Crippen LogP contribution in [0.5, 0.6) is 0 Å². The summed E-state index contributed by atoms with van der Waals surface area (Å²) in [6.07, 6.45) is 1.50. The molecule has 2 rings (SSSR count). The van der Waals surface area contributed by atoms with Gasteiger partial charge in [0.15, 0.2) is 0 Å².